The number of hydrazine groups is 1. The van der Waals surface area contributed by atoms with Gasteiger partial charge in [0, 0.05) is 4.88 Å². The Bertz CT molecular complexity index is 536. The lowest BCUT2D eigenvalue weighted by Gasteiger charge is -2.15. The van der Waals surface area contributed by atoms with E-state index in [0.29, 0.717) is 0 Å². The van der Waals surface area contributed by atoms with Crippen molar-refractivity contribution < 1.29 is 0 Å². The fraction of sp³-hybridized carbons (Fsp3) is 0.286. The fourth-order valence-electron chi connectivity index (χ4n) is 1.92. The van der Waals surface area contributed by atoms with Crippen LogP contribution in [0.2, 0.25) is 0 Å². The van der Waals surface area contributed by atoms with Crippen LogP contribution in [0, 0.1) is 13.8 Å². The van der Waals surface area contributed by atoms with E-state index in [1.54, 1.807) is 11.3 Å². The lowest BCUT2D eigenvalue weighted by atomic mass is 10.0. The van der Waals surface area contributed by atoms with Crippen LogP contribution in [-0.2, 0) is 6.42 Å². The van der Waals surface area contributed by atoms with Gasteiger partial charge in [-0.15, -0.1) is 11.3 Å². The zero-order valence-corrected chi connectivity index (χ0v) is 12.9. The Morgan fingerprint density at radius 3 is 2.56 bits per heavy atom. The molecule has 1 unspecified atom stereocenters. The van der Waals surface area contributed by atoms with Crippen LogP contribution in [0.5, 0.6) is 0 Å². The topological polar surface area (TPSA) is 38.0 Å². The van der Waals surface area contributed by atoms with Crippen LogP contribution in [0.25, 0.3) is 0 Å². The number of rotatable bonds is 4. The minimum atomic E-state index is 0.170. The van der Waals surface area contributed by atoms with Gasteiger partial charge in [-0.1, -0.05) is 18.2 Å². The molecule has 3 N–H and O–H groups in total. The minimum Gasteiger partial charge on any atom is -0.271 e. The standard InChI is InChI=1S/C14H17BrN2S/c1-9-3-4-11(7-10(9)2)8-12(17-16)13-5-6-14(15)18-13/h3-7,12,17H,8,16H2,1-2H3. The SMILES string of the molecule is Cc1ccc(CC(NN)c2ccc(Br)s2)cc1C. The molecule has 4 heteroatoms. The third-order valence-electron chi connectivity index (χ3n) is 3.15. The molecule has 2 nitrogen and oxygen atoms in total. The van der Waals surface area contributed by atoms with E-state index in [1.807, 2.05) is 0 Å². The van der Waals surface area contributed by atoms with Gasteiger partial charge in [0.1, 0.15) is 0 Å². The highest BCUT2D eigenvalue weighted by molar-refractivity contribution is 9.11. The first-order valence-corrected chi connectivity index (χ1v) is 7.48. The van der Waals surface area contributed by atoms with Gasteiger partial charge in [-0.25, -0.2) is 0 Å². The van der Waals surface area contributed by atoms with Crippen molar-refractivity contribution in [1.82, 2.24) is 5.43 Å². The average molecular weight is 325 g/mol. The van der Waals surface area contributed by atoms with Gasteiger partial charge in [0.15, 0.2) is 0 Å². The normalized spacial score (nSPS) is 12.7. The summed E-state index contributed by atoms with van der Waals surface area (Å²) in [4.78, 5) is 1.25. The molecule has 0 radical (unpaired) electrons. The maximum absolute atomic E-state index is 5.67. The van der Waals surface area contributed by atoms with Crippen molar-refractivity contribution in [2.45, 2.75) is 26.3 Å². The second-order valence-electron chi connectivity index (χ2n) is 4.48. The summed E-state index contributed by atoms with van der Waals surface area (Å²) in [6.07, 6.45) is 0.907. The van der Waals surface area contributed by atoms with E-state index in [0.717, 1.165) is 10.2 Å². The van der Waals surface area contributed by atoms with E-state index < -0.39 is 0 Å². The monoisotopic (exact) mass is 324 g/mol. The number of benzene rings is 1. The fourth-order valence-corrected chi connectivity index (χ4v) is 3.41. The van der Waals surface area contributed by atoms with Crippen molar-refractivity contribution in [2.24, 2.45) is 5.84 Å². The summed E-state index contributed by atoms with van der Waals surface area (Å²) in [5.41, 5.74) is 6.87. The van der Waals surface area contributed by atoms with Crippen LogP contribution in [0.1, 0.15) is 27.6 Å². The largest absolute Gasteiger partial charge is 0.271 e. The number of hydrogen-bond acceptors (Lipinski definition) is 3. The van der Waals surface area contributed by atoms with Gasteiger partial charge in [0.2, 0.25) is 0 Å². The van der Waals surface area contributed by atoms with Crippen molar-refractivity contribution in [3.8, 4) is 0 Å². The van der Waals surface area contributed by atoms with Crippen LogP contribution in [0.15, 0.2) is 34.1 Å². The summed E-state index contributed by atoms with van der Waals surface area (Å²) in [6.45, 7) is 4.28. The Morgan fingerprint density at radius 2 is 2.00 bits per heavy atom. The summed E-state index contributed by atoms with van der Waals surface area (Å²) in [5, 5.41) is 0. The molecule has 0 saturated carbocycles. The van der Waals surface area contributed by atoms with E-state index in [4.69, 9.17) is 5.84 Å². The molecule has 1 atom stereocenters. The van der Waals surface area contributed by atoms with Crippen LogP contribution in [-0.4, -0.2) is 0 Å². The zero-order chi connectivity index (χ0) is 13.1. The Hall–Kier alpha value is -0.680. The molecule has 18 heavy (non-hydrogen) atoms. The van der Waals surface area contributed by atoms with Gasteiger partial charge in [-0.3, -0.25) is 11.3 Å². The maximum Gasteiger partial charge on any atom is 0.0702 e. The quantitative estimate of drug-likeness (QED) is 0.661. The van der Waals surface area contributed by atoms with E-state index in [-0.39, 0.29) is 6.04 Å². The number of thiophene rings is 1. The lowest BCUT2D eigenvalue weighted by molar-refractivity contribution is 0.560. The van der Waals surface area contributed by atoms with Gasteiger partial charge in [0.25, 0.3) is 0 Å². The number of nitrogens with one attached hydrogen (secondary N) is 1. The third-order valence-corrected chi connectivity index (χ3v) is 4.89. The second-order valence-corrected chi connectivity index (χ2v) is 6.98. The zero-order valence-electron chi connectivity index (χ0n) is 10.5. The third kappa shape index (κ3) is 3.20. The first kappa shape index (κ1) is 13.7. The summed E-state index contributed by atoms with van der Waals surface area (Å²) in [7, 11) is 0. The molecule has 0 bridgehead atoms. The lowest BCUT2D eigenvalue weighted by Crippen LogP contribution is -2.28. The molecule has 2 rings (SSSR count). The summed E-state index contributed by atoms with van der Waals surface area (Å²) >= 11 is 5.21. The molecule has 1 heterocycles. The molecule has 0 aliphatic rings. The number of halogens is 1. The Morgan fingerprint density at radius 1 is 1.22 bits per heavy atom. The molecule has 0 amide bonds. The van der Waals surface area contributed by atoms with E-state index >= 15 is 0 Å². The average Bonchev–Trinajstić information content (AvgIpc) is 2.77. The van der Waals surface area contributed by atoms with Gasteiger partial charge in [-0.2, -0.15) is 0 Å². The van der Waals surface area contributed by atoms with Crippen molar-refractivity contribution in [1.29, 1.82) is 0 Å². The first-order chi connectivity index (χ1) is 8.60. The van der Waals surface area contributed by atoms with Crippen molar-refractivity contribution in [2.75, 3.05) is 0 Å². The highest BCUT2D eigenvalue weighted by atomic mass is 79.9. The highest BCUT2D eigenvalue weighted by Gasteiger charge is 2.13. The second kappa shape index (κ2) is 5.97. The number of hydrogen-bond donors (Lipinski definition) is 2. The number of nitrogens with two attached hydrogens (primary N) is 1. The van der Waals surface area contributed by atoms with Crippen LogP contribution < -0.4 is 11.3 Å². The van der Waals surface area contributed by atoms with Gasteiger partial charge in [-0.05, 0) is 65.0 Å². The maximum atomic E-state index is 5.67. The van der Waals surface area contributed by atoms with Gasteiger partial charge >= 0.3 is 0 Å². The summed E-state index contributed by atoms with van der Waals surface area (Å²) in [6, 6.07) is 10.9. The van der Waals surface area contributed by atoms with E-state index in [1.165, 1.54) is 21.6 Å². The van der Waals surface area contributed by atoms with Crippen LogP contribution in [0.3, 0.4) is 0 Å². The van der Waals surface area contributed by atoms with E-state index in [2.05, 4.69) is 65.5 Å². The molecule has 1 aromatic heterocycles. The molecular weight excluding hydrogens is 308 g/mol. The molecular formula is C14H17BrN2S. The van der Waals surface area contributed by atoms with Crippen molar-refractivity contribution >= 4 is 27.3 Å². The Balaban J connectivity index is 2.17. The smallest absolute Gasteiger partial charge is 0.0702 e. The highest BCUT2D eigenvalue weighted by Crippen LogP contribution is 2.29. The predicted octanol–water partition coefficient (Wildman–Crippen LogP) is 3.87. The van der Waals surface area contributed by atoms with Crippen molar-refractivity contribution in [3.63, 3.8) is 0 Å². The van der Waals surface area contributed by atoms with E-state index in [9.17, 15) is 0 Å². The molecule has 0 fully saturated rings. The van der Waals surface area contributed by atoms with Crippen LogP contribution in [0.4, 0.5) is 0 Å². The van der Waals surface area contributed by atoms with Gasteiger partial charge < -0.3 is 0 Å². The molecule has 0 aliphatic carbocycles. The summed E-state index contributed by atoms with van der Waals surface area (Å²) < 4.78 is 1.14. The number of aryl methyl sites for hydroxylation is 2. The molecule has 2 aromatic rings. The van der Waals surface area contributed by atoms with Crippen molar-refractivity contribution in [3.05, 3.63) is 55.7 Å². The molecule has 0 spiro atoms. The van der Waals surface area contributed by atoms with Gasteiger partial charge in [0.05, 0.1) is 9.83 Å². The first-order valence-electron chi connectivity index (χ1n) is 5.87. The predicted molar refractivity (Wildman–Crippen MR) is 81.7 cm³/mol. The molecule has 1 aromatic carbocycles. The Kier molecular flexibility index (Phi) is 4.56. The summed E-state index contributed by atoms with van der Waals surface area (Å²) in [5.74, 6) is 5.67. The molecule has 0 saturated heterocycles. The molecule has 96 valence electrons. The molecule has 0 aliphatic heterocycles. The van der Waals surface area contributed by atoms with Crippen LogP contribution >= 0.6 is 27.3 Å². The minimum absolute atomic E-state index is 0.170. The Labute approximate surface area is 120 Å².